The van der Waals surface area contributed by atoms with Crippen LogP contribution in [0.5, 0.6) is 0 Å². The van der Waals surface area contributed by atoms with E-state index in [1.807, 2.05) is 6.07 Å². The van der Waals surface area contributed by atoms with E-state index in [0.717, 1.165) is 30.6 Å². The molecule has 106 valence electrons. The molecule has 3 rings (SSSR count). The highest BCUT2D eigenvalue weighted by atomic mass is 16.5. The molecule has 2 aromatic rings. The Labute approximate surface area is 116 Å². The van der Waals surface area contributed by atoms with Gasteiger partial charge in [0, 0.05) is 31.5 Å². The number of anilines is 1. The van der Waals surface area contributed by atoms with E-state index in [-0.39, 0.29) is 12.0 Å². The third-order valence-corrected chi connectivity index (χ3v) is 3.61. The molecule has 1 unspecified atom stereocenters. The lowest BCUT2D eigenvalue weighted by Gasteiger charge is -2.19. The van der Waals surface area contributed by atoms with E-state index in [1.54, 1.807) is 19.3 Å². The number of nitrogens with zero attached hydrogens (tertiary/aromatic N) is 2. The largest absolute Gasteiger partial charge is 0.462 e. The average molecular weight is 274 g/mol. The Bertz CT molecular complexity index is 637. The second-order valence-electron chi connectivity index (χ2n) is 4.97. The summed E-state index contributed by atoms with van der Waals surface area (Å²) in [5.74, 6) is -0.323. The number of ether oxygens (including phenoxy) is 1. The van der Waals surface area contributed by atoms with E-state index >= 15 is 0 Å². The minimum Gasteiger partial charge on any atom is -0.462 e. The number of aromatic amines is 1. The van der Waals surface area contributed by atoms with Crippen molar-refractivity contribution in [3.63, 3.8) is 0 Å². The molecule has 1 fully saturated rings. The molecule has 1 atom stereocenters. The summed E-state index contributed by atoms with van der Waals surface area (Å²) in [6.07, 6.45) is 4.37. The van der Waals surface area contributed by atoms with Crippen LogP contribution in [-0.4, -0.2) is 41.7 Å². The first-order valence-corrected chi connectivity index (χ1v) is 6.84. The van der Waals surface area contributed by atoms with Crippen molar-refractivity contribution in [3.8, 4) is 0 Å². The predicted molar refractivity (Wildman–Crippen MR) is 76.9 cm³/mol. The van der Waals surface area contributed by atoms with Gasteiger partial charge in [0.1, 0.15) is 5.65 Å². The number of hydrogen-bond donors (Lipinski definition) is 2. The van der Waals surface area contributed by atoms with Crippen LogP contribution in [-0.2, 0) is 4.74 Å². The number of esters is 1. The van der Waals surface area contributed by atoms with Crippen LogP contribution in [0.4, 0.5) is 5.69 Å². The summed E-state index contributed by atoms with van der Waals surface area (Å²) in [5.41, 5.74) is 8.20. The Hall–Kier alpha value is -2.08. The molecule has 2 aromatic heterocycles. The van der Waals surface area contributed by atoms with Gasteiger partial charge in [0.15, 0.2) is 0 Å². The van der Waals surface area contributed by atoms with Crippen molar-refractivity contribution < 1.29 is 9.53 Å². The van der Waals surface area contributed by atoms with Crippen LogP contribution in [0.2, 0.25) is 0 Å². The third kappa shape index (κ3) is 2.12. The van der Waals surface area contributed by atoms with E-state index in [9.17, 15) is 4.79 Å². The number of rotatable bonds is 3. The van der Waals surface area contributed by atoms with Gasteiger partial charge in [0.2, 0.25) is 0 Å². The highest BCUT2D eigenvalue weighted by Crippen LogP contribution is 2.30. The molecule has 3 heterocycles. The first-order valence-electron chi connectivity index (χ1n) is 6.84. The fraction of sp³-hybridized carbons (Fsp3) is 0.429. The molecule has 0 aliphatic carbocycles. The Morgan fingerprint density at radius 2 is 2.50 bits per heavy atom. The van der Waals surface area contributed by atoms with E-state index in [0.29, 0.717) is 17.8 Å². The minimum absolute atomic E-state index is 0.184. The van der Waals surface area contributed by atoms with Crippen molar-refractivity contribution >= 4 is 22.7 Å². The molecule has 0 saturated carbocycles. The van der Waals surface area contributed by atoms with E-state index in [1.165, 1.54) is 0 Å². The summed E-state index contributed by atoms with van der Waals surface area (Å²) in [7, 11) is 0. The number of aromatic nitrogens is 2. The van der Waals surface area contributed by atoms with Crippen molar-refractivity contribution in [3.05, 3.63) is 24.0 Å². The van der Waals surface area contributed by atoms with Crippen molar-refractivity contribution in [1.29, 1.82) is 0 Å². The van der Waals surface area contributed by atoms with Gasteiger partial charge in [-0.25, -0.2) is 9.78 Å². The molecule has 0 bridgehead atoms. The van der Waals surface area contributed by atoms with Crippen LogP contribution in [0, 0.1) is 0 Å². The number of H-pyrrole nitrogens is 1. The third-order valence-electron chi connectivity index (χ3n) is 3.61. The van der Waals surface area contributed by atoms with Crippen LogP contribution in [0.3, 0.4) is 0 Å². The number of nitrogens with one attached hydrogen (secondary N) is 1. The predicted octanol–water partition coefficient (Wildman–Crippen LogP) is 1.28. The van der Waals surface area contributed by atoms with Crippen LogP contribution in [0.15, 0.2) is 18.5 Å². The molecular formula is C14H18N4O2. The molecular weight excluding hydrogens is 256 g/mol. The van der Waals surface area contributed by atoms with Crippen LogP contribution >= 0.6 is 0 Å². The quantitative estimate of drug-likeness (QED) is 0.824. The molecule has 0 aromatic carbocycles. The van der Waals surface area contributed by atoms with Crippen LogP contribution in [0.25, 0.3) is 11.0 Å². The molecule has 1 aliphatic heterocycles. The molecule has 1 saturated heterocycles. The maximum Gasteiger partial charge on any atom is 0.340 e. The molecule has 0 amide bonds. The normalized spacial score (nSPS) is 18.7. The summed E-state index contributed by atoms with van der Waals surface area (Å²) < 4.78 is 5.10. The van der Waals surface area contributed by atoms with E-state index in [4.69, 9.17) is 10.5 Å². The molecule has 6 heteroatoms. The van der Waals surface area contributed by atoms with Crippen LogP contribution in [0.1, 0.15) is 23.7 Å². The zero-order valence-corrected chi connectivity index (χ0v) is 11.4. The van der Waals surface area contributed by atoms with Crippen molar-refractivity contribution in [2.45, 2.75) is 19.4 Å². The van der Waals surface area contributed by atoms with Gasteiger partial charge in [-0.1, -0.05) is 0 Å². The zero-order chi connectivity index (χ0) is 14.1. The number of pyridine rings is 1. The van der Waals surface area contributed by atoms with Gasteiger partial charge in [-0.3, -0.25) is 0 Å². The fourth-order valence-corrected chi connectivity index (χ4v) is 2.68. The lowest BCUT2D eigenvalue weighted by molar-refractivity contribution is 0.0529. The molecule has 20 heavy (non-hydrogen) atoms. The van der Waals surface area contributed by atoms with Gasteiger partial charge in [-0.05, 0) is 19.4 Å². The molecule has 6 nitrogen and oxygen atoms in total. The Morgan fingerprint density at radius 3 is 3.20 bits per heavy atom. The number of carbonyl (C=O) groups excluding carboxylic acids is 1. The summed E-state index contributed by atoms with van der Waals surface area (Å²) in [4.78, 5) is 21.5. The molecule has 1 aliphatic rings. The highest BCUT2D eigenvalue weighted by molar-refractivity contribution is 6.08. The zero-order valence-electron chi connectivity index (χ0n) is 11.4. The fourth-order valence-electron chi connectivity index (χ4n) is 2.68. The monoisotopic (exact) mass is 274 g/mol. The lowest BCUT2D eigenvalue weighted by atomic mass is 10.1. The minimum atomic E-state index is -0.323. The Kier molecular flexibility index (Phi) is 3.31. The molecule has 0 radical (unpaired) electrons. The van der Waals surface area contributed by atoms with E-state index in [2.05, 4.69) is 14.9 Å². The summed E-state index contributed by atoms with van der Waals surface area (Å²) in [6, 6.07) is 2.11. The number of carbonyl (C=O) groups is 1. The van der Waals surface area contributed by atoms with E-state index < -0.39 is 0 Å². The first kappa shape index (κ1) is 12.9. The second-order valence-corrected chi connectivity index (χ2v) is 4.97. The average Bonchev–Trinajstić information content (AvgIpc) is 3.04. The van der Waals surface area contributed by atoms with Gasteiger partial charge in [-0.15, -0.1) is 0 Å². The van der Waals surface area contributed by atoms with Gasteiger partial charge in [0.25, 0.3) is 0 Å². The molecule has 3 N–H and O–H groups in total. The first-order chi connectivity index (χ1) is 9.70. The SMILES string of the molecule is CCOC(=O)c1c[nH]c2nccc(N3CCC(N)C3)c12. The van der Waals surface area contributed by atoms with Crippen molar-refractivity contribution in [2.75, 3.05) is 24.6 Å². The number of hydrogen-bond acceptors (Lipinski definition) is 5. The number of nitrogens with two attached hydrogens (primary N) is 1. The smallest absolute Gasteiger partial charge is 0.340 e. The Morgan fingerprint density at radius 1 is 1.65 bits per heavy atom. The summed E-state index contributed by atoms with van der Waals surface area (Å²) in [5, 5.41) is 0.819. The topological polar surface area (TPSA) is 84.2 Å². The highest BCUT2D eigenvalue weighted by Gasteiger charge is 2.24. The van der Waals surface area contributed by atoms with Gasteiger partial charge in [0.05, 0.1) is 23.2 Å². The Balaban J connectivity index is 2.07. The maximum absolute atomic E-state index is 12.0. The summed E-state index contributed by atoms with van der Waals surface area (Å²) >= 11 is 0. The molecule has 0 spiro atoms. The van der Waals surface area contributed by atoms with Crippen LogP contribution < -0.4 is 10.6 Å². The second kappa shape index (κ2) is 5.13. The van der Waals surface area contributed by atoms with Gasteiger partial charge < -0.3 is 20.4 Å². The van der Waals surface area contributed by atoms with Gasteiger partial charge >= 0.3 is 5.97 Å². The number of fused-ring (bicyclic) bond motifs is 1. The van der Waals surface area contributed by atoms with Crippen molar-refractivity contribution in [1.82, 2.24) is 9.97 Å². The van der Waals surface area contributed by atoms with Gasteiger partial charge in [-0.2, -0.15) is 0 Å². The maximum atomic E-state index is 12.0. The standard InChI is InChI=1S/C14H18N4O2/c1-2-20-14(19)10-7-17-13-12(10)11(3-5-16-13)18-6-4-9(15)8-18/h3,5,7,9H,2,4,6,8,15H2,1H3,(H,16,17). The van der Waals surface area contributed by atoms with Crippen molar-refractivity contribution in [2.24, 2.45) is 5.73 Å². The lowest BCUT2D eigenvalue weighted by Crippen LogP contribution is -2.26. The summed E-state index contributed by atoms with van der Waals surface area (Å²) in [6.45, 7) is 3.85.